The quantitative estimate of drug-likeness (QED) is 0.115. The number of aliphatic hydroxyl groups is 2. The number of imidazole rings is 1. The van der Waals surface area contributed by atoms with Gasteiger partial charge in [-0.1, -0.05) is 45.9 Å². The number of allylic oxidation sites excluding steroid dienone is 2. The number of carbonyl (C=O) groups is 3. The predicted molar refractivity (Wildman–Crippen MR) is 213 cm³/mol. The summed E-state index contributed by atoms with van der Waals surface area (Å²) in [6, 6.07) is 3.64. The van der Waals surface area contributed by atoms with Gasteiger partial charge in [0, 0.05) is 67.3 Å². The Hall–Kier alpha value is -5.44. The highest BCUT2D eigenvalue weighted by Gasteiger charge is 2.50. The second kappa shape index (κ2) is 15.5. The number of rotatable bonds is 2. The Kier molecular flexibility index (Phi) is 11.2. The highest BCUT2D eigenvalue weighted by atomic mass is 16.7. The lowest BCUT2D eigenvalue weighted by molar-refractivity contribution is -0.160. The molecule has 14 heteroatoms. The fraction of sp³-hybridized carbons (Fsp3) is 0.442. The third-order valence-corrected chi connectivity index (χ3v) is 11.5. The number of fused-ring (bicyclic) bond motifs is 2. The van der Waals surface area contributed by atoms with Gasteiger partial charge < -0.3 is 44.7 Å². The fourth-order valence-corrected chi connectivity index (χ4v) is 8.03. The highest BCUT2D eigenvalue weighted by Crippen LogP contribution is 2.54. The Balaban J connectivity index is 1.58. The number of methoxy groups -OCH3 is 1. The molecular weight excluding hydrogens is 734 g/mol. The van der Waals surface area contributed by atoms with E-state index < -0.39 is 77.3 Å². The predicted octanol–water partition coefficient (Wildman–Crippen LogP) is 6.16. The lowest BCUT2D eigenvalue weighted by Gasteiger charge is -2.38. The number of aromatic hydroxyl groups is 2. The lowest BCUT2D eigenvalue weighted by atomic mass is 9.78. The van der Waals surface area contributed by atoms with Crippen molar-refractivity contribution in [2.24, 2.45) is 23.7 Å². The Morgan fingerprint density at radius 1 is 0.982 bits per heavy atom. The number of ketones is 1. The molecule has 0 saturated heterocycles. The molecule has 0 aliphatic carbocycles. The number of ether oxygens (including phenoxy) is 4. The number of benzene rings is 2. The lowest BCUT2D eigenvalue weighted by Crippen LogP contribution is -2.46. The zero-order chi connectivity index (χ0) is 41.8. The van der Waals surface area contributed by atoms with E-state index >= 15 is 0 Å². The molecule has 304 valence electrons. The van der Waals surface area contributed by atoms with E-state index in [1.54, 1.807) is 63.4 Å². The number of esters is 1. The van der Waals surface area contributed by atoms with Crippen molar-refractivity contribution in [3.8, 4) is 17.2 Å². The van der Waals surface area contributed by atoms with Gasteiger partial charge in [-0.05, 0) is 44.5 Å². The van der Waals surface area contributed by atoms with Crippen LogP contribution in [0.1, 0.15) is 70.0 Å². The fourth-order valence-electron chi connectivity index (χ4n) is 8.03. The van der Waals surface area contributed by atoms with Gasteiger partial charge in [0.25, 0.3) is 11.7 Å². The van der Waals surface area contributed by atoms with Gasteiger partial charge in [0.05, 0.1) is 35.5 Å². The molecule has 2 aliphatic heterocycles. The van der Waals surface area contributed by atoms with Crippen molar-refractivity contribution in [2.45, 2.75) is 92.5 Å². The number of nitrogens with one attached hydrogen (secondary N) is 1. The Morgan fingerprint density at radius 2 is 1.68 bits per heavy atom. The number of phenolic OH excluding ortho intramolecular Hbond substituents is 2. The van der Waals surface area contributed by atoms with Crippen LogP contribution >= 0.6 is 0 Å². The summed E-state index contributed by atoms with van der Waals surface area (Å²) < 4.78 is 25.5. The SMILES string of the molecule is CO[C@H]1C=CO[C@]2(C)Oc3c(C)c(O)c4c(O)c(c5c(nc6cc(C)ccn65)c4c3C2=O)NC(=O)C(C)=CC=C[C@@H](C)[C@@H](O)[C@H](C)[C@H](O)[C@H](C)[C@@H](OC(C)=O)[C@H]1C. The molecule has 14 nitrogen and oxygen atoms in total. The third-order valence-electron chi connectivity index (χ3n) is 11.5. The number of nitrogens with zero attached hydrogens (tertiary/aromatic N) is 2. The zero-order valence-electron chi connectivity index (χ0n) is 33.8. The molecule has 0 spiro atoms. The number of hydrogen-bond acceptors (Lipinski definition) is 12. The maximum absolute atomic E-state index is 14.6. The molecule has 4 heterocycles. The summed E-state index contributed by atoms with van der Waals surface area (Å²) in [7, 11) is 1.46. The van der Waals surface area contributed by atoms with Crippen LogP contribution in [0.25, 0.3) is 27.5 Å². The minimum absolute atomic E-state index is 0.0185. The van der Waals surface area contributed by atoms with Gasteiger partial charge in [0.1, 0.15) is 40.0 Å². The van der Waals surface area contributed by atoms with E-state index in [-0.39, 0.29) is 55.7 Å². The molecule has 0 fully saturated rings. The summed E-state index contributed by atoms with van der Waals surface area (Å²) in [6.07, 6.45) is 5.62. The molecular formula is C43H51N3O11. The summed E-state index contributed by atoms with van der Waals surface area (Å²) in [6.45, 7) is 14.7. The van der Waals surface area contributed by atoms with Crippen molar-refractivity contribution in [2.75, 3.05) is 12.4 Å². The molecule has 6 rings (SSSR count). The molecule has 0 saturated carbocycles. The van der Waals surface area contributed by atoms with Crippen molar-refractivity contribution in [1.29, 1.82) is 0 Å². The second-order valence-corrected chi connectivity index (χ2v) is 15.6. The van der Waals surface area contributed by atoms with Gasteiger partial charge in [-0.15, -0.1) is 0 Å². The minimum Gasteiger partial charge on any atom is -0.507 e. The Morgan fingerprint density at radius 3 is 2.35 bits per heavy atom. The van der Waals surface area contributed by atoms with Crippen LogP contribution < -0.4 is 10.1 Å². The summed E-state index contributed by atoms with van der Waals surface area (Å²) in [5.74, 6) is -6.96. The first-order valence-electron chi connectivity index (χ1n) is 19.0. The monoisotopic (exact) mass is 785 g/mol. The molecule has 0 unspecified atom stereocenters. The van der Waals surface area contributed by atoms with Gasteiger partial charge >= 0.3 is 11.8 Å². The number of hydrogen-bond donors (Lipinski definition) is 5. The largest absolute Gasteiger partial charge is 0.507 e. The summed E-state index contributed by atoms with van der Waals surface area (Å²) >= 11 is 0. The van der Waals surface area contributed by atoms with E-state index in [0.717, 1.165) is 5.56 Å². The average Bonchev–Trinajstić information content (AvgIpc) is 3.67. The first-order valence-corrected chi connectivity index (χ1v) is 19.0. The maximum Gasteiger partial charge on any atom is 0.312 e. The van der Waals surface area contributed by atoms with Crippen molar-refractivity contribution >= 4 is 50.8 Å². The molecule has 2 aromatic heterocycles. The number of anilines is 1. The first-order chi connectivity index (χ1) is 26.8. The number of aliphatic hydroxyl groups excluding tert-OH is 2. The van der Waals surface area contributed by atoms with Gasteiger partial charge in [-0.3, -0.25) is 18.8 Å². The smallest absolute Gasteiger partial charge is 0.312 e. The van der Waals surface area contributed by atoms with E-state index in [9.17, 15) is 34.8 Å². The summed E-state index contributed by atoms with van der Waals surface area (Å²) in [5, 5.41) is 49.4. The highest BCUT2D eigenvalue weighted by molar-refractivity contribution is 6.28. The second-order valence-electron chi connectivity index (χ2n) is 15.6. The van der Waals surface area contributed by atoms with E-state index in [0.29, 0.717) is 5.65 Å². The third kappa shape index (κ3) is 7.10. The average molecular weight is 786 g/mol. The van der Waals surface area contributed by atoms with Gasteiger partial charge in [-0.2, -0.15) is 0 Å². The van der Waals surface area contributed by atoms with Gasteiger partial charge in [-0.25, -0.2) is 4.98 Å². The van der Waals surface area contributed by atoms with Gasteiger partial charge in [0.15, 0.2) is 5.75 Å². The van der Waals surface area contributed by atoms with E-state index in [2.05, 4.69) is 5.32 Å². The minimum atomic E-state index is -1.96. The van der Waals surface area contributed by atoms with Crippen LogP contribution in [0.5, 0.6) is 17.2 Å². The van der Waals surface area contributed by atoms with Crippen LogP contribution in [-0.4, -0.2) is 84.8 Å². The van der Waals surface area contributed by atoms with Crippen molar-refractivity contribution in [1.82, 2.24) is 9.38 Å². The van der Waals surface area contributed by atoms with Crippen molar-refractivity contribution in [3.05, 3.63) is 71.2 Å². The van der Waals surface area contributed by atoms with Crippen LogP contribution in [-0.2, 0) is 23.8 Å². The Bertz CT molecular complexity index is 2380. The molecule has 9 atom stereocenters. The number of aryl methyl sites for hydroxylation is 1. The summed E-state index contributed by atoms with van der Waals surface area (Å²) in [5.41, 5.74) is 2.18. The number of carbonyl (C=O) groups excluding carboxylic acids is 3. The van der Waals surface area contributed by atoms with Crippen LogP contribution in [0, 0.1) is 37.5 Å². The maximum atomic E-state index is 14.6. The van der Waals surface area contributed by atoms with Crippen LogP contribution in [0.4, 0.5) is 5.69 Å². The molecule has 4 aromatic rings. The normalized spacial score (nSPS) is 28.8. The van der Waals surface area contributed by atoms with E-state index in [4.69, 9.17) is 23.9 Å². The van der Waals surface area contributed by atoms with E-state index in [1.165, 1.54) is 40.2 Å². The van der Waals surface area contributed by atoms with Crippen molar-refractivity contribution < 1.29 is 53.8 Å². The van der Waals surface area contributed by atoms with Crippen molar-refractivity contribution in [3.63, 3.8) is 0 Å². The first kappa shape index (κ1) is 41.2. The molecule has 5 N–H and O–H groups in total. The molecule has 0 radical (unpaired) electrons. The number of amides is 1. The molecule has 2 aromatic carbocycles. The number of Topliss-reactive ketones (excluding diaryl/α,β-unsaturated/α-hetero) is 1. The number of phenols is 2. The topological polar surface area (TPSA) is 198 Å². The summed E-state index contributed by atoms with van der Waals surface area (Å²) in [4.78, 5) is 45.6. The van der Waals surface area contributed by atoms with Crippen LogP contribution in [0.2, 0.25) is 0 Å². The molecule has 1 amide bonds. The van der Waals surface area contributed by atoms with Crippen LogP contribution in [0.15, 0.2) is 54.5 Å². The Labute approximate surface area is 330 Å². The van der Waals surface area contributed by atoms with E-state index in [1.807, 2.05) is 19.1 Å². The molecule has 4 bridgehead atoms. The standard InChI is InChI=1S/C43H51N3O11/c1-19-14-16-46-28(18-19)44-32-29-30-37(50)25(7)40-31(29)41(52)43(9,57-40)55-17-15-27(54-10)22(4)39(56-26(8)47)24(6)36(49)23(5)35(48)20(2)12-11-13-21(3)42(53)45-33(34(32)46)38(30)51/h11-18,20,22-24,27,35-36,39,48-51H,1-10H3,(H,45,53)/t20-,22+,23+,24+,27+,35-,36+,39+,43-/m1/s1. The number of pyridine rings is 1. The number of aromatic nitrogens is 2. The van der Waals surface area contributed by atoms with Crippen LogP contribution in [0.3, 0.4) is 0 Å². The zero-order valence-corrected chi connectivity index (χ0v) is 33.8. The molecule has 57 heavy (non-hydrogen) atoms. The van der Waals surface area contributed by atoms with Gasteiger partial charge in [0.2, 0.25) is 0 Å². The molecule has 2 aliphatic rings.